The van der Waals surface area contributed by atoms with Crippen molar-refractivity contribution >= 4 is 22.0 Å². The Labute approximate surface area is 205 Å². The van der Waals surface area contributed by atoms with E-state index in [1.807, 2.05) is 6.92 Å². The van der Waals surface area contributed by atoms with Crippen molar-refractivity contribution in [3.05, 3.63) is 59.7 Å². The lowest BCUT2D eigenvalue weighted by molar-refractivity contribution is -0.274. The van der Waals surface area contributed by atoms with Crippen LogP contribution in [0.25, 0.3) is 0 Å². The van der Waals surface area contributed by atoms with E-state index in [4.69, 9.17) is 9.88 Å². The van der Waals surface area contributed by atoms with Gasteiger partial charge in [-0.3, -0.25) is 4.79 Å². The molecule has 0 aromatic heterocycles. The molecule has 0 saturated carbocycles. The Hall–Kier alpha value is -3.32. The topological polar surface area (TPSA) is 119 Å². The molecule has 0 bridgehead atoms. The number of carbonyl (C=O) groups excluding carboxylic acids is 2. The molecule has 2 N–H and O–H groups in total. The zero-order valence-electron chi connectivity index (χ0n) is 19.1. The molecule has 3 atom stereocenters. The van der Waals surface area contributed by atoms with Gasteiger partial charge in [-0.15, -0.1) is 13.2 Å². The second kappa shape index (κ2) is 9.62. The molecule has 2 aliphatic rings. The first kappa shape index (κ1) is 25.8. The summed E-state index contributed by atoms with van der Waals surface area (Å²) in [6.07, 6.45) is -5.32. The van der Waals surface area contributed by atoms with Gasteiger partial charge in [0.25, 0.3) is 5.91 Å². The highest BCUT2D eigenvalue weighted by Crippen LogP contribution is 2.37. The van der Waals surface area contributed by atoms with Crippen molar-refractivity contribution < 1.29 is 40.7 Å². The molecule has 0 spiro atoms. The van der Waals surface area contributed by atoms with E-state index in [0.717, 1.165) is 12.1 Å². The quantitative estimate of drug-likeness (QED) is 0.639. The number of nitrogens with zero attached hydrogens (tertiary/aromatic N) is 2. The molecule has 2 heterocycles. The zero-order chi connectivity index (χ0) is 26.3. The number of sulfonamides is 1. The first-order valence-electron chi connectivity index (χ1n) is 11.0. The number of alkyl halides is 3. The molecule has 2 aliphatic heterocycles. The smallest absolute Gasteiger partial charge is 0.445 e. The van der Waals surface area contributed by atoms with Crippen LogP contribution in [0.1, 0.15) is 22.8 Å². The van der Waals surface area contributed by atoms with E-state index in [1.54, 1.807) is 9.80 Å². The molecule has 2 fully saturated rings. The minimum absolute atomic E-state index is 0.0454. The Morgan fingerprint density at radius 3 is 2.22 bits per heavy atom. The summed E-state index contributed by atoms with van der Waals surface area (Å²) in [5.74, 6) is -0.495. The van der Waals surface area contributed by atoms with Gasteiger partial charge in [0, 0.05) is 43.1 Å². The average Bonchev–Trinajstić information content (AvgIpc) is 3.36. The number of hydrogen-bond donors (Lipinski definition) is 1. The number of benzene rings is 2. The van der Waals surface area contributed by atoms with Gasteiger partial charge in [0.05, 0.1) is 4.90 Å². The predicted octanol–water partition coefficient (Wildman–Crippen LogP) is 2.96. The molecule has 2 saturated heterocycles. The van der Waals surface area contributed by atoms with Crippen molar-refractivity contribution in [2.45, 2.75) is 30.8 Å². The van der Waals surface area contributed by atoms with Crippen LogP contribution in [0.15, 0.2) is 53.4 Å². The van der Waals surface area contributed by atoms with Crippen LogP contribution in [-0.2, 0) is 21.4 Å². The molecule has 2 amide bonds. The highest BCUT2D eigenvalue weighted by molar-refractivity contribution is 7.89. The third-order valence-corrected chi connectivity index (χ3v) is 7.43. The molecule has 0 radical (unpaired) electrons. The Balaban J connectivity index is 1.30. The van der Waals surface area contributed by atoms with Gasteiger partial charge in [-0.2, -0.15) is 0 Å². The van der Waals surface area contributed by atoms with Crippen LogP contribution in [-0.4, -0.2) is 62.3 Å². The summed E-state index contributed by atoms with van der Waals surface area (Å²) in [4.78, 5) is 28.7. The molecule has 9 nitrogen and oxygen atoms in total. The summed E-state index contributed by atoms with van der Waals surface area (Å²) in [6.45, 7) is 3.05. The summed E-state index contributed by atoms with van der Waals surface area (Å²) in [6, 6.07) is 10.3. The number of primary sulfonamides is 1. The predicted molar refractivity (Wildman–Crippen MR) is 120 cm³/mol. The zero-order valence-corrected chi connectivity index (χ0v) is 20.0. The van der Waals surface area contributed by atoms with E-state index in [-0.39, 0.29) is 41.0 Å². The minimum atomic E-state index is -4.78. The van der Waals surface area contributed by atoms with E-state index in [9.17, 15) is 31.2 Å². The van der Waals surface area contributed by atoms with Crippen LogP contribution in [0.3, 0.4) is 0 Å². The van der Waals surface area contributed by atoms with Gasteiger partial charge >= 0.3 is 12.5 Å². The highest BCUT2D eigenvalue weighted by Gasteiger charge is 2.48. The number of likely N-dealkylation sites (tertiary alicyclic amines) is 2. The molecule has 2 aromatic carbocycles. The van der Waals surface area contributed by atoms with Gasteiger partial charge in [0.15, 0.2) is 0 Å². The Kier molecular flexibility index (Phi) is 6.88. The molecule has 4 rings (SSSR count). The Morgan fingerprint density at radius 2 is 1.67 bits per heavy atom. The molecule has 2 aromatic rings. The van der Waals surface area contributed by atoms with Crippen molar-refractivity contribution in [2.24, 2.45) is 17.0 Å². The molecule has 13 heteroatoms. The monoisotopic (exact) mass is 527 g/mol. The van der Waals surface area contributed by atoms with Gasteiger partial charge < -0.3 is 19.3 Å². The highest BCUT2D eigenvalue weighted by atomic mass is 32.2. The summed E-state index contributed by atoms with van der Waals surface area (Å²) in [5.41, 5.74) is 0.855. The largest absolute Gasteiger partial charge is 0.573 e. The van der Waals surface area contributed by atoms with Gasteiger partial charge in [0.2, 0.25) is 10.0 Å². The van der Waals surface area contributed by atoms with Crippen LogP contribution in [0.5, 0.6) is 5.75 Å². The molecular weight excluding hydrogens is 503 g/mol. The summed E-state index contributed by atoms with van der Waals surface area (Å²) in [7, 11) is -3.85. The van der Waals surface area contributed by atoms with Gasteiger partial charge in [-0.25, -0.2) is 18.4 Å². The number of halogens is 3. The second-order valence-corrected chi connectivity index (χ2v) is 10.4. The fourth-order valence-corrected chi connectivity index (χ4v) is 5.19. The van der Waals surface area contributed by atoms with Crippen molar-refractivity contribution in [1.29, 1.82) is 0 Å². The lowest BCUT2D eigenvalue weighted by atomic mass is 9.95. The van der Waals surface area contributed by atoms with Crippen LogP contribution in [0.4, 0.5) is 18.0 Å². The number of rotatable bonds is 5. The maximum atomic E-state index is 12.9. The standard InChI is InChI=1S/C23H24F3N3O6S/c1-14-20-12-28(21(30)16-4-8-19(9-5-16)36(27,32)33)10-17(20)11-29(14)22(31)34-13-15-2-6-18(7-3-15)35-23(24,25)26/h2-9,14,17,20H,10-13H2,1H3,(H2,27,32,33). The van der Waals surface area contributed by atoms with Gasteiger partial charge in [-0.05, 0) is 48.9 Å². The first-order valence-corrected chi connectivity index (χ1v) is 12.6. The summed E-state index contributed by atoms with van der Waals surface area (Å²) in [5, 5.41) is 5.09. The molecular formula is C23H24F3N3O6S. The number of carbonyl (C=O) groups is 2. The number of amides is 2. The van der Waals surface area contributed by atoms with E-state index in [0.29, 0.717) is 30.8 Å². The van der Waals surface area contributed by atoms with E-state index >= 15 is 0 Å². The lowest BCUT2D eigenvalue weighted by Gasteiger charge is -2.26. The molecule has 36 heavy (non-hydrogen) atoms. The van der Waals surface area contributed by atoms with Gasteiger partial charge in [-0.1, -0.05) is 12.1 Å². The first-order chi connectivity index (χ1) is 16.8. The van der Waals surface area contributed by atoms with Crippen LogP contribution in [0.2, 0.25) is 0 Å². The number of fused-ring (bicyclic) bond motifs is 1. The normalized spacial score (nSPS) is 21.9. The fourth-order valence-electron chi connectivity index (χ4n) is 4.68. The molecule has 194 valence electrons. The SMILES string of the molecule is CC1C2CN(C(=O)c3ccc(S(N)(=O)=O)cc3)CC2CN1C(=O)OCc1ccc(OC(F)(F)F)cc1. The summed E-state index contributed by atoms with van der Waals surface area (Å²) < 4.78 is 68.8. The van der Waals surface area contributed by atoms with Crippen molar-refractivity contribution in [2.75, 3.05) is 19.6 Å². The minimum Gasteiger partial charge on any atom is -0.445 e. The lowest BCUT2D eigenvalue weighted by Crippen LogP contribution is -2.40. The van der Waals surface area contributed by atoms with Gasteiger partial charge in [0.1, 0.15) is 12.4 Å². The third kappa shape index (κ3) is 5.73. The van der Waals surface area contributed by atoms with Crippen molar-refractivity contribution in [1.82, 2.24) is 9.80 Å². The maximum absolute atomic E-state index is 12.9. The number of ether oxygens (including phenoxy) is 2. The molecule has 3 unspecified atom stereocenters. The fraction of sp³-hybridized carbons (Fsp3) is 0.391. The van der Waals surface area contributed by atoms with E-state index in [2.05, 4.69) is 4.74 Å². The average molecular weight is 528 g/mol. The number of nitrogens with two attached hydrogens (primary N) is 1. The van der Waals surface area contributed by atoms with Crippen LogP contribution >= 0.6 is 0 Å². The maximum Gasteiger partial charge on any atom is 0.573 e. The second-order valence-electron chi connectivity index (χ2n) is 8.84. The van der Waals surface area contributed by atoms with Crippen LogP contribution in [0, 0.1) is 11.8 Å². The van der Waals surface area contributed by atoms with Crippen LogP contribution < -0.4 is 9.88 Å². The van der Waals surface area contributed by atoms with E-state index < -0.39 is 22.5 Å². The number of hydrogen-bond acceptors (Lipinski definition) is 6. The molecule has 0 aliphatic carbocycles. The van der Waals surface area contributed by atoms with Crippen molar-refractivity contribution in [3.63, 3.8) is 0 Å². The Morgan fingerprint density at radius 1 is 1.03 bits per heavy atom. The summed E-state index contributed by atoms with van der Waals surface area (Å²) >= 11 is 0. The Bertz CT molecular complexity index is 1240. The van der Waals surface area contributed by atoms with E-state index in [1.165, 1.54) is 36.4 Å². The third-order valence-electron chi connectivity index (χ3n) is 6.50. The van der Waals surface area contributed by atoms with Crippen molar-refractivity contribution in [3.8, 4) is 5.75 Å².